The number of aryl methyl sites for hydroxylation is 2. The maximum atomic E-state index is 13.3. The largest absolute Gasteiger partial charge is 0.354 e. The van der Waals surface area contributed by atoms with Crippen molar-refractivity contribution in [2.45, 2.75) is 60.0 Å². The summed E-state index contributed by atoms with van der Waals surface area (Å²) in [6, 6.07) is 15.6. The van der Waals surface area contributed by atoms with Crippen LogP contribution in [0.1, 0.15) is 49.4 Å². The van der Waals surface area contributed by atoms with Gasteiger partial charge >= 0.3 is 0 Å². The lowest BCUT2D eigenvalue weighted by atomic mass is 10.0. The van der Waals surface area contributed by atoms with Crippen LogP contribution in [0.25, 0.3) is 0 Å². The van der Waals surface area contributed by atoms with Crippen LogP contribution < -0.4 is 5.32 Å². The van der Waals surface area contributed by atoms with E-state index in [0.29, 0.717) is 31.8 Å². The molecule has 0 aromatic heterocycles. The first-order valence-corrected chi connectivity index (χ1v) is 10.5. The topological polar surface area (TPSA) is 49.4 Å². The normalized spacial score (nSPS) is 11.9. The van der Waals surface area contributed by atoms with Gasteiger partial charge in [-0.3, -0.25) is 9.59 Å². The molecule has 0 bridgehead atoms. The van der Waals surface area contributed by atoms with Gasteiger partial charge in [0.1, 0.15) is 6.04 Å². The van der Waals surface area contributed by atoms with Crippen LogP contribution >= 0.6 is 0 Å². The van der Waals surface area contributed by atoms with Crippen LogP contribution in [0, 0.1) is 19.8 Å². The van der Waals surface area contributed by atoms with Crippen LogP contribution in [0.5, 0.6) is 0 Å². The van der Waals surface area contributed by atoms with Crippen LogP contribution in [0.4, 0.5) is 0 Å². The third kappa shape index (κ3) is 6.74. The zero-order valence-corrected chi connectivity index (χ0v) is 18.4. The molecule has 0 radical (unpaired) electrons. The van der Waals surface area contributed by atoms with E-state index in [9.17, 15) is 9.59 Å². The van der Waals surface area contributed by atoms with Crippen LogP contribution in [0.15, 0.2) is 48.5 Å². The average molecular weight is 395 g/mol. The molecule has 156 valence electrons. The minimum Gasteiger partial charge on any atom is -0.354 e. The van der Waals surface area contributed by atoms with E-state index in [1.807, 2.05) is 69.3 Å². The molecular weight excluding hydrogens is 360 g/mol. The first-order chi connectivity index (χ1) is 13.8. The molecule has 0 unspecified atom stereocenters. The lowest BCUT2D eigenvalue weighted by molar-refractivity contribution is -0.141. The highest BCUT2D eigenvalue weighted by Gasteiger charge is 2.28. The van der Waals surface area contributed by atoms with Gasteiger partial charge in [0.25, 0.3) is 0 Å². The van der Waals surface area contributed by atoms with Crippen molar-refractivity contribution in [2.24, 2.45) is 5.92 Å². The Kier molecular flexibility index (Phi) is 8.44. The Morgan fingerprint density at radius 3 is 2.24 bits per heavy atom. The van der Waals surface area contributed by atoms with Gasteiger partial charge in [0.05, 0.1) is 6.42 Å². The zero-order valence-electron chi connectivity index (χ0n) is 18.4. The van der Waals surface area contributed by atoms with Crippen molar-refractivity contribution in [3.63, 3.8) is 0 Å². The highest BCUT2D eigenvalue weighted by Crippen LogP contribution is 2.17. The lowest BCUT2D eigenvalue weighted by Gasteiger charge is -2.31. The molecule has 4 nitrogen and oxygen atoms in total. The second kappa shape index (κ2) is 10.8. The number of amides is 2. The molecule has 0 aliphatic carbocycles. The van der Waals surface area contributed by atoms with Crippen molar-refractivity contribution in [3.05, 3.63) is 70.8 Å². The number of carbonyl (C=O) groups is 2. The maximum absolute atomic E-state index is 13.3. The fraction of sp³-hybridized carbons (Fsp3) is 0.440. The summed E-state index contributed by atoms with van der Waals surface area (Å²) in [6.07, 6.45) is 0.877. The first-order valence-electron chi connectivity index (χ1n) is 10.5. The van der Waals surface area contributed by atoms with Gasteiger partial charge in [0, 0.05) is 13.1 Å². The molecule has 4 heteroatoms. The summed E-state index contributed by atoms with van der Waals surface area (Å²) in [5.41, 5.74) is 4.30. The van der Waals surface area contributed by atoms with Gasteiger partial charge in [-0.25, -0.2) is 0 Å². The Hall–Kier alpha value is -2.62. The predicted octanol–water partition coefficient (Wildman–Crippen LogP) is 4.43. The van der Waals surface area contributed by atoms with E-state index in [2.05, 4.69) is 19.2 Å². The van der Waals surface area contributed by atoms with Gasteiger partial charge in [0.15, 0.2) is 0 Å². The van der Waals surface area contributed by atoms with Crippen LogP contribution in [0.3, 0.4) is 0 Å². The number of benzene rings is 2. The van der Waals surface area contributed by atoms with E-state index in [1.165, 1.54) is 5.56 Å². The average Bonchev–Trinajstić information content (AvgIpc) is 2.69. The minimum absolute atomic E-state index is 0.0218. The molecule has 2 rings (SSSR count). The van der Waals surface area contributed by atoms with E-state index in [-0.39, 0.29) is 11.8 Å². The van der Waals surface area contributed by atoms with Gasteiger partial charge in [-0.2, -0.15) is 0 Å². The zero-order chi connectivity index (χ0) is 21.4. The Balaban J connectivity index is 2.27. The van der Waals surface area contributed by atoms with E-state index in [4.69, 9.17) is 0 Å². The molecule has 0 aliphatic heterocycles. The second-order valence-electron chi connectivity index (χ2n) is 8.17. The molecule has 2 amide bonds. The van der Waals surface area contributed by atoms with Crippen LogP contribution in [0.2, 0.25) is 0 Å². The molecule has 0 saturated heterocycles. The summed E-state index contributed by atoms with van der Waals surface area (Å²) in [5.74, 6) is 0.266. The van der Waals surface area contributed by atoms with E-state index >= 15 is 0 Å². The maximum Gasteiger partial charge on any atom is 0.242 e. The Labute approximate surface area is 175 Å². The quantitative estimate of drug-likeness (QED) is 0.684. The van der Waals surface area contributed by atoms with Gasteiger partial charge in [-0.15, -0.1) is 0 Å². The number of carbonyl (C=O) groups excluding carboxylic acids is 2. The lowest BCUT2D eigenvalue weighted by Crippen LogP contribution is -2.50. The predicted molar refractivity (Wildman–Crippen MR) is 119 cm³/mol. The molecule has 0 aliphatic rings. The minimum atomic E-state index is -0.480. The summed E-state index contributed by atoms with van der Waals surface area (Å²) in [6.45, 7) is 11.2. The van der Waals surface area contributed by atoms with Crippen molar-refractivity contribution in [1.29, 1.82) is 0 Å². The SMILES string of the molecule is CC[C@H](C(=O)NCC(C)C)N(Cc1ccc(C)cc1)C(=O)Cc1ccccc1C. The molecule has 0 spiro atoms. The fourth-order valence-electron chi connectivity index (χ4n) is 3.31. The highest BCUT2D eigenvalue weighted by molar-refractivity contribution is 5.88. The molecular formula is C25H34N2O2. The van der Waals surface area contributed by atoms with Crippen molar-refractivity contribution < 1.29 is 9.59 Å². The third-order valence-corrected chi connectivity index (χ3v) is 5.15. The Bertz CT molecular complexity index is 812. The molecule has 0 heterocycles. The summed E-state index contributed by atoms with van der Waals surface area (Å²) in [7, 11) is 0. The second-order valence-corrected chi connectivity index (χ2v) is 8.17. The molecule has 1 N–H and O–H groups in total. The van der Waals surface area contributed by atoms with Crippen LogP contribution in [-0.2, 0) is 22.6 Å². The van der Waals surface area contributed by atoms with Gasteiger partial charge in [0.2, 0.25) is 11.8 Å². The molecule has 0 saturated carbocycles. The van der Waals surface area contributed by atoms with Gasteiger partial charge in [-0.05, 0) is 42.9 Å². The van der Waals surface area contributed by atoms with Crippen molar-refractivity contribution in [2.75, 3.05) is 6.54 Å². The van der Waals surface area contributed by atoms with E-state index < -0.39 is 6.04 Å². The Morgan fingerprint density at radius 1 is 1.00 bits per heavy atom. The standard InChI is InChI=1S/C25H34N2O2/c1-6-23(25(29)26-16-18(2)3)27(17-21-13-11-19(4)12-14-21)24(28)15-22-10-8-7-9-20(22)5/h7-14,18,23H,6,15-17H2,1-5H3,(H,26,29)/t23-/m1/s1. The summed E-state index contributed by atoms with van der Waals surface area (Å²) in [5, 5.41) is 3.01. The number of hydrogen-bond acceptors (Lipinski definition) is 2. The smallest absolute Gasteiger partial charge is 0.242 e. The molecule has 2 aromatic rings. The van der Waals surface area contributed by atoms with Gasteiger partial charge in [-0.1, -0.05) is 74.9 Å². The number of nitrogens with one attached hydrogen (secondary N) is 1. The Morgan fingerprint density at radius 2 is 1.66 bits per heavy atom. The summed E-state index contributed by atoms with van der Waals surface area (Å²) < 4.78 is 0. The fourth-order valence-corrected chi connectivity index (χ4v) is 3.31. The first kappa shape index (κ1) is 22.7. The molecule has 0 fully saturated rings. The molecule has 29 heavy (non-hydrogen) atoms. The number of nitrogens with zero attached hydrogens (tertiary/aromatic N) is 1. The number of hydrogen-bond donors (Lipinski definition) is 1. The van der Waals surface area contributed by atoms with Crippen molar-refractivity contribution >= 4 is 11.8 Å². The van der Waals surface area contributed by atoms with E-state index in [1.54, 1.807) is 4.90 Å². The molecule has 2 aromatic carbocycles. The molecule has 1 atom stereocenters. The third-order valence-electron chi connectivity index (χ3n) is 5.15. The van der Waals surface area contributed by atoms with Gasteiger partial charge < -0.3 is 10.2 Å². The van der Waals surface area contributed by atoms with E-state index in [0.717, 1.165) is 16.7 Å². The van der Waals surface area contributed by atoms with Crippen molar-refractivity contribution in [3.8, 4) is 0 Å². The number of rotatable bonds is 9. The highest BCUT2D eigenvalue weighted by atomic mass is 16.2. The summed E-state index contributed by atoms with van der Waals surface area (Å²) >= 11 is 0. The summed E-state index contributed by atoms with van der Waals surface area (Å²) in [4.78, 5) is 28.0. The van der Waals surface area contributed by atoms with Crippen LogP contribution in [-0.4, -0.2) is 29.3 Å². The monoisotopic (exact) mass is 394 g/mol. The van der Waals surface area contributed by atoms with Crippen molar-refractivity contribution in [1.82, 2.24) is 10.2 Å².